The van der Waals surface area contributed by atoms with Gasteiger partial charge in [-0.05, 0) is 43.0 Å². The summed E-state index contributed by atoms with van der Waals surface area (Å²) in [4.78, 5) is 2.51. The first-order valence-corrected chi connectivity index (χ1v) is 8.21. The zero-order chi connectivity index (χ0) is 13.6. The highest BCUT2D eigenvalue weighted by atomic mass is 32.1. The van der Waals surface area contributed by atoms with Crippen molar-refractivity contribution in [2.75, 3.05) is 25.9 Å². The van der Waals surface area contributed by atoms with Gasteiger partial charge in [0.1, 0.15) is 0 Å². The fourth-order valence-corrected chi connectivity index (χ4v) is 3.70. The summed E-state index contributed by atoms with van der Waals surface area (Å²) in [5, 5.41) is 0. The van der Waals surface area contributed by atoms with E-state index in [0.717, 1.165) is 18.7 Å². The van der Waals surface area contributed by atoms with E-state index in [-0.39, 0.29) is 0 Å². The minimum absolute atomic E-state index is 0.479. The van der Waals surface area contributed by atoms with E-state index in [1.54, 1.807) is 0 Å². The number of nitrogens with zero attached hydrogens (tertiary/aromatic N) is 1. The van der Waals surface area contributed by atoms with Crippen LogP contribution in [0, 0.1) is 5.41 Å². The molecule has 0 unspecified atom stereocenters. The molecule has 1 aromatic rings. The lowest BCUT2D eigenvalue weighted by Crippen LogP contribution is -2.39. The highest BCUT2D eigenvalue weighted by molar-refractivity contribution is 7.80. The molecule has 0 radical (unpaired) electrons. The van der Waals surface area contributed by atoms with Gasteiger partial charge in [-0.3, -0.25) is 0 Å². The fourth-order valence-electron chi connectivity index (χ4n) is 3.28. The van der Waals surface area contributed by atoms with Crippen LogP contribution in [0.1, 0.15) is 37.7 Å². The van der Waals surface area contributed by atoms with Crippen molar-refractivity contribution >= 4 is 12.6 Å². The Labute approximate surface area is 123 Å². The van der Waals surface area contributed by atoms with Gasteiger partial charge in [0, 0.05) is 13.1 Å². The Bertz CT molecular complexity index is 357. The van der Waals surface area contributed by atoms with Gasteiger partial charge in [0.2, 0.25) is 0 Å². The molecule has 0 amide bonds. The van der Waals surface area contributed by atoms with Crippen LogP contribution in [-0.2, 0) is 6.42 Å². The normalized spacial score (nSPS) is 18.7. The standard InChI is InChI=1S/C17H27NS/c1-18(13-10-16-8-4-2-5-9-16)14-17(15-19)11-6-3-7-12-17/h2,4-5,8-9,19H,3,6-7,10-15H2,1H3. The van der Waals surface area contributed by atoms with Gasteiger partial charge in [0.05, 0.1) is 0 Å². The van der Waals surface area contributed by atoms with E-state index >= 15 is 0 Å². The van der Waals surface area contributed by atoms with Gasteiger partial charge < -0.3 is 4.90 Å². The van der Waals surface area contributed by atoms with Crippen molar-refractivity contribution in [3.63, 3.8) is 0 Å². The smallest absolute Gasteiger partial charge is 0.00429 e. The van der Waals surface area contributed by atoms with Gasteiger partial charge in [0.25, 0.3) is 0 Å². The molecule has 0 heterocycles. The van der Waals surface area contributed by atoms with Gasteiger partial charge in [-0.1, -0.05) is 49.6 Å². The lowest BCUT2D eigenvalue weighted by atomic mass is 9.75. The first kappa shape index (κ1) is 14.9. The van der Waals surface area contributed by atoms with E-state index in [9.17, 15) is 0 Å². The number of rotatable bonds is 6. The summed E-state index contributed by atoms with van der Waals surface area (Å²) < 4.78 is 0. The lowest BCUT2D eigenvalue weighted by molar-refractivity contribution is 0.145. The summed E-state index contributed by atoms with van der Waals surface area (Å²) in [6.07, 6.45) is 8.10. The Balaban J connectivity index is 1.81. The summed E-state index contributed by atoms with van der Waals surface area (Å²) in [5.41, 5.74) is 1.92. The molecule has 1 aliphatic rings. The maximum Gasteiger partial charge on any atom is 0.00429 e. The first-order valence-electron chi connectivity index (χ1n) is 7.57. The first-order chi connectivity index (χ1) is 9.24. The number of hydrogen-bond acceptors (Lipinski definition) is 2. The van der Waals surface area contributed by atoms with Crippen molar-refractivity contribution in [2.45, 2.75) is 38.5 Å². The van der Waals surface area contributed by atoms with Crippen molar-refractivity contribution in [1.82, 2.24) is 4.90 Å². The monoisotopic (exact) mass is 277 g/mol. The second kappa shape index (κ2) is 7.35. The molecule has 1 nitrogen and oxygen atoms in total. The van der Waals surface area contributed by atoms with Crippen molar-refractivity contribution in [3.05, 3.63) is 35.9 Å². The molecular weight excluding hydrogens is 250 g/mol. The SMILES string of the molecule is CN(CCc1ccccc1)CC1(CS)CCCCC1. The average molecular weight is 277 g/mol. The van der Waals surface area contributed by atoms with E-state index in [1.165, 1.54) is 44.2 Å². The van der Waals surface area contributed by atoms with Gasteiger partial charge in [-0.25, -0.2) is 0 Å². The third-order valence-corrected chi connectivity index (χ3v) is 5.15. The molecule has 106 valence electrons. The predicted octanol–water partition coefficient (Wildman–Crippen LogP) is 4.04. The summed E-state index contributed by atoms with van der Waals surface area (Å²) in [5.74, 6) is 1.04. The van der Waals surface area contributed by atoms with Gasteiger partial charge in [-0.15, -0.1) is 0 Å². The van der Waals surface area contributed by atoms with Crippen molar-refractivity contribution < 1.29 is 0 Å². The van der Waals surface area contributed by atoms with Gasteiger partial charge >= 0.3 is 0 Å². The molecule has 19 heavy (non-hydrogen) atoms. The molecule has 2 rings (SSSR count). The number of likely N-dealkylation sites (N-methyl/N-ethyl adjacent to an activating group) is 1. The van der Waals surface area contributed by atoms with E-state index in [1.807, 2.05) is 0 Å². The molecular formula is C17H27NS. The average Bonchev–Trinajstić information content (AvgIpc) is 2.47. The van der Waals surface area contributed by atoms with Crippen molar-refractivity contribution in [3.8, 4) is 0 Å². The highest BCUT2D eigenvalue weighted by Crippen LogP contribution is 2.37. The number of thiol groups is 1. The van der Waals surface area contributed by atoms with Gasteiger partial charge in [0.15, 0.2) is 0 Å². The van der Waals surface area contributed by atoms with E-state index < -0.39 is 0 Å². The molecule has 0 N–H and O–H groups in total. The third-order valence-electron chi connectivity index (χ3n) is 4.48. The molecule has 0 bridgehead atoms. The van der Waals surface area contributed by atoms with Crippen LogP contribution in [0.15, 0.2) is 30.3 Å². The maximum atomic E-state index is 4.64. The van der Waals surface area contributed by atoms with Crippen LogP contribution in [0.4, 0.5) is 0 Å². The largest absolute Gasteiger partial charge is 0.305 e. The van der Waals surface area contributed by atoms with E-state index in [4.69, 9.17) is 0 Å². The molecule has 0 aromatic heterocycles. The van der Waals surface area contributed by atoms with Crippen LogP contribution >= 0.6 is 12.6 Å². The van der Waals surface area contributed by atoms with Crippen molar-refractivity contribution in [1.29, 1.82) is 0 Å². The third kappa shape index (κ3) is 4.54. The summed E-state index contributed by atoms with van der Waals surface area (Å²) in [7, 11) is 2.27. The summed E-state index contributed by atoms with van der Waals surface area (Å²) in [6, 6.07) is 10.8. The Morgan fingerprint density at radius 1 is 1.11 bits per heavy atom. The van der Waals surface area contributed by atoms with E-state index in [0.29, 0.717) is 5.41 Å². The molecule has 1 fully saturated rings. The van der Waals surface area contributed by atoms with Crippen LogP contribution in [0.3, 0.4) is 0 Å². The zero-order valence-electron chi connectivity index (χ0n) is 12.1. The second-order valence-electron chi connectivity index (χ2n) is 6.19. The lowest BCUT2D eigenvalue weighted by Gasteiger charge is -2.39. The summed E-state index contributed by atoms with van der Waals surface area (Å²) >= 11 is 4.64. The Morgan fingerprint density at radius 3 is 2.42 bits per heavy atom. The van der Waals surface area contributed by atoms with Crippen molar-refractivity contribution in [2.24, 2.45) is 5.41 Å². The Morgan fingerprint density at radius 2 is 1.79 bits per heavy atom. The molecule has 2 heteroatoms. The van der Waals surface area contributed by atoms with Crippen LogP contribution < -0.4 is 0 Å². The van der Waals surface area contributed by atoms with Crippen LogP contribution in [0.2, 0.25) is 0 Å². The number of benzene rings is 1. The highest BCUT2D eigenvalue weighted by Gasteiger charge is 2.31. The molecule has 0 saturated heterocycles. The predicted molar refractivity (Wildman–Crippen MR) is 87.0 cm³/mol. The quantitative estimate of drug-likeness (QED) is 0.768. The number of hydrogen-bond donors (Lipinski definition) is 1. The van der Waals surface area contributed by atoms with Crippen LogP contribution in [0.5, 0.6) is 0 Å². The van der Waals surface area contributed by atoms with Crippen LogP contribution in [0.25, 0.3) is 0 Å². The van der Waals surface area contributed by atoms with Crippen LogP contribution in [-0.4, -0.2) is 30.8 Å². The topological polar surface area (TPSA) is 3.24 Å². The Kier molecular flexibility index (Phi) is 5.77. The minimum Gasteiger partial charge on any atom is -0.305 e. The molecule has 1 saturated carbocycles. The van der Waals surface area contributed by atoms with Gasteiger partial charge in [-0.2, -0.15) is 12.6 Å². The minimum atomic E-state index is 0.479. The Hall–Kier alpha value is -0.470. The molecule has 0 spiro atoms. The molecule has 1 aromatic carbocycles. The summed E-state index contributed by atoms with van der Waals surface area (Å²) in [6.45, 7) is 2.36. The molecule has 0 atom stereocenters. The van der Waals surface area contributed by atoms with E-state index in [2.05, 4.69) is 54.9 Å². The second-order valence-corrected chi connectivity index (χ2v) is 6.51. The zero-order valence-corrected chi connectivity index (χ0v) is 13.0. The molecule has 1 aliphatic carbocycles. The fraction of sp³-hybridized carbons (Fsp3) is 0.647. The maximum absolute atomic E-state index is 4.64. The molecule has 0 aliphatic heterocycles.